The molecule has 1 N–H and O–H groups in total. The van der Waals surface area contributed by atoms with Crippen molar-refractivity contribution < 1.29 is 9.53 Å². The van der Waals surface area contributed by atoms with Gasteiger partial charge in [0.1, 0.15) is 11.6 Å². The Morgan fingerprint density at radius 2 is 1.69 bits per heavy atom. The molecule has 9 heteroatoms. The van der Waals surface area contributed by atoms with Gasteiger partial charge in [-0.05, 0) is 48.9 Å². The Labute approximate surface area is 211 Å². The quantitative estimate of drug-likeness (QED) is 0.434. The van der Waals surface area contributed by atoms with Gasteiger partial charge in [0.25, 0.3) is 0 Å². The molecule has 1 aromatic heterocycles. The highest BCUT2D eigenvalue weighted by atomic mass is 32.2. The number of amides is 1. The van der Waals surface area contributed by atoms with Gasteiger partial charge in [-0.2, -0.15) is 0 Å². The van der Waals surface area contributed by atoms with E-state index in [1.807, 2.05) is 41.8 Å². The SMILES string of the molecule is CCN1CCN(Cc2ccccc2CNC(=O)CSc2nnc(C)n2-c2ccc(OC)cc2)CC1. The van der Waals surface area contributed by atoms with Gasteiger partial charge in [-0.25, -0.2) is 0 Å². The van der Waals surface area contributed by atoms with Gasteiger partial charge in [-0.15, -0.1) is 10.2 Å². The van der Waals surface area contributed by atoms with E-state index in [9.17, 15) is 4.79 Å². The van der Waals surface area contributed by atoms with Gasteiger partial charge in [0.15, 0.2) is 5.16 Å². The van der Waals surface area contributed by atoms with Crippen LogP contribution in [0, 0.1) is 6.92 Å². The molecule has 2 aromatic carbocycles. The third-order valence-corrected chi connectivity index (χ3v) is 7.29. The van der Waals surface area contributed by atoms with Crippen LogP contribution >= 0.6 is 11.8 Å². The molecule has 3 aromatic rings. The first-order valence-corrected chi connectivity index (χ1v) is 13.0. The Morgan fingerprint density at radius 1 is 1.00 bits per heavy atom. The monoisotopic (exact) mass is 494 g/mol. The summed E-state index contributed by atoms with van der Waals surface area (Å²) in [6.07, 6.45) is 0. The number of nitrogens with one attached hydrogen (secondary N) is 1. The third-order valence-electron chi connectivity index (χ3n) is 6.36. The molecule has 35 heavy (non-hydrogen) atoms. The molecule has 1 saturated heterocycles. The van der Waals surface area contributed by atoms with Crippen LogP contribution in [-0.2, 0) is 17.9 Å². The molecule has 8 nitrogen and oxygen atoms in total. The molecule has 1 fully saturated rings. The summed E-state index contributed by atoms with van der Waals surface area (Å²) in [6.45, 7) is 11.1. The van der Waals surface area contributed by atoms with E-state index in [1.165, 1.54) is 22.9 Å². The second-order valence-corrected chi connectivity index (χ2v) is 9.55. The van der Waals surface area contributed by atoms with E-state index in [0.717, 1.165) is 56.5 Å². The average Bonchev–Trinajstić information content (AvgIpc) is 3.27. The van der Waals surface area contributed by atoms with E-state index < -0.39 is 0 Å². The fraction of sp³-hybridized carbons (Fsp3) is 0.423. The van der Waals surface area contributed by atoms with Crippen LogP contribution in [0.15, 0.2) is 53.7 Å². The maximum Gasteiger partial charge on any atom is 0.230 e. The molecule has 2 heterocycles. The summed E-state index contributed by atoms with van der Waals surface area (Å²) in [5.74, 6) is 1.81. The first kappa shape index (κ1) is 25.2. The average molecular weight is 495 g/mol. The molecule has 186 valence electrons. The fourth-order valence-corrected chi connectivity index (χ4v) is 5.06. The van der Waals surface area contributed by atoms with E-state index >= 15 is 0 Å². The number of methoxy groups -OCH3 is 1. The van der Waals surface area contributed by atoms with Crippen LogP contribution < -0.4 is 10.1 Å². The number of aryl methyl sites for hydroxylation is 1. The van der Waals surface area contributed by atoms with Crippen molar-refractivity contribution in [2.24, 2.45) is 0 Å². The minimum atomic E-state index is -0.0247. The minimum Gasteiger partial charge on any atom is -0.497 e. The van der Waals surface area contributed by atoms with Crippen molar-refractivity contribution in [1.82, 2.24) is 29.9 Å². The zero-order chi connectivity index (χ0) is 24.6. The number of ether oxygens (including phenoxy) is 1. The summed E-state index contributed by atoms with van der Waals surface area (Å²) < 4.78 is 7.20. The first-order chi connectivity index (χ1) is 17.1. The second kappa shape index (κ2) is 12.2. The molecule has 0 bridgehead atoms. The van der Waals surface area contributed by atoms with Gasteiger partial charge in [0.2, 0.25) is 5.91 Å². The third kappa shape index (κ3) is 6.62. The lowest BCUT2D eigenvalue weighted by Gasteiger charge is -2.34. The van der Waals surface area contributed by atoms with Crippen LogP contribution in [0.25, 0.3) is 5.69 Å². The Balaban J connectivity index is 1.31. The fourth-order valence-electron chi connectivity index (χ4n) is 4.23. The van der Waals surface area contributed by atoms with Gasteiger partial charge in [0, 0.05) is 45.0 Å². The Bertz CT molecular complexity index is 1110. The summed E-state index contributed by atoms with van der Waals surface area (Å²) in [5.41, 5.74) is 3.38. The van der Waals surface area contributed by atoms with Crippen molar-refractivity contribution in [1.29, 1.82) is 0 Å². The lowest BCUT2D eigenvalue weighted by molar-refractivity contribution is -0.118. The Hall–Kier alpha value is -2.88. The van der Waals surface area contributed by atoms with Crippen molar-refractivity contribution in [2.45, 2.75) is 32.1 Å². The highest BCUT2D eigenvalue weighted by Gasteiger charge is 2.17. The van der Waals surface area contributed by atoms with Crippen molar-refractivity contribution in [2.75, 3.05) is 45.6 Å². The standard InChI is InChI=1S/C26H34N6O2S/c1-4-30-13-15-31(16-14-30)18-22-8-6-5-7-21(22)17-27-25(33)19-35-26-29-28-20(2)32(26)23-9-11-24(34-3)12-10-23/h5-12H,4,13-19H2,1-3H3,(H,27,33). The summed E-state index contributed by atoms with van der Waals surface area (Å²) in [4.78, 5) is 17.7. The minimum absolute atomic E-state index is 0.0247. The molecule has 0 saturated carbocycles. The number of thioether (sulfide) groups is 1. The molecule has 0 spiro atoms. The topological polar surface area (TPSA) is 75.5 Å². The predicted molar refractivity (Wildman–Crippen MR) is 139 cm³/mol. The van der Waals surface area contributed by atoms with Crippen LogP contribution in [-0.4, -0.2) is 76.1 Å². The zero-order valence-corrected chi connectivity index (χ0v) is 21.6. The lowest BCUT2D eigenvalue weighted by Crippen LogP contribution is -2.45. The molecule has 1 aliphatic heterocycles. The van der Waals surface area contributed by atoms with Crippen LogP contribution in [0.4, 0.5) is 0 Å². The normalized spacial score (nSPS) is 14.7. The molecule has 4 rings (SSSR count). The van der Waals surface area contributed by atoms with Crippen molar-refractivity contribution in [3.8, 4) is 11.4 Å². The number of benzene rings is 2. The summed E-state index contributed by atoms with van der Waals surface area (Å²) in [7, 11) is 1.64. The second-order valence-electron chi connectivity index (χ2n) is 8.61. The van der Waals surface area contributed by atoms with E-state index in [2.05, 4.69) is 50.4 Å². The molecule has 1 aliphatic rings. The van der Waals surface area contributed by atoms with E-state index in [0.29, 0.717) is 11.7 Å². The number of rotatable bonds is 10. The van der Waals surface area contributed by atoms with Crippen LogP contribution in [0.3, 0.4) is 0 Å². The van der Waals surface area contributed by atoms with Gasteiger partial charge in [-0.3, -0.25) is 14.3 Å². The first-order valence-electron chi connectivity index (χ1n) is 12.0. The van der Waals surface area contributed by atoms with Crippen molar-refractivity contribution in [3.63, 3.8) is 0 Å². The molecule has 1 amide bonds. The van der Waals surface area contributed by atoms with Crippen LogP contribution in [0.5, 0.6) is 5.75 Å². The lowest BCUT2D eigenvalue weighted by atomic mass is 10.1. The molecule has 0 aliphatic carbocycles. The number of hydrogen-bond donors (Lipinski definition) is 1. The molecule has 0 atom stereocenters. The van der Waals surface area contributed by atoms with Crippen molar-refractivity contribution in [3.05, 3.63) is 65.5 Å². The number of nitrogens with zero attached hydrogens (tertiary/aromatic N) is 5. The van der Waals surface area contributed by atoms with Gasteiger partial charge in [-0.1, -0.05) is 43.0 Å². The molecule has 0 unspecified atom stereocenters. The van der Waals surface area contributed by atoms with Gasteiger partial charge >= 0.3 is 0 Å². The van der Waals surface area contributed by atoms with E-state index in [1.54, 1.807) is 7.11 Å². The smallest absolute Gasteiger partial charge is 0.230 e. The Kier molecular flexibility index (Phi) is 8.79. The molecular weight excluding hydrogens is 460 g/mol. The number of hydrogen-bond acceptors (Lipinski definition) is 7. The molecule has 0 radical (unpaired) electrons. The largest absolute Gasteiger partial charge is 0.497 e. The summed E-state index contributed by atoms with van der Waals surface area (Å²) in [5, 5.41) is 12.2. The van der Waals surface area contributed by atoms with Gasteiger partial charge in [0.05, 0.1) is 12.9 Å². The highest BCUT2D eigenvalue weighted by Crippen LogP contribution is 2.23. The van der Waals surface area contributed by atoms with Gasteiger partial charge < -0.3 is 15.0 Å². The maximum absolute atomic E-state index is 12.7. The number of piperazine rings is 1. The van der Waals surface area contributed by atoms with E-state index in [4.69, 9.17) is 4.74 Å². The predicted octanol–water partition coefficient (Wildman–Crippen LogP) is 3.13. The summed E-state index contributed by atoms with van der Waals surface area (Å²) >= 11 is 1.38. The number of aromatic nitrogens is 3. The maximum atomic E-state index is 12.7. The van der Waals surface area contributed by atoms with Crippen LogP contribution in [0.2, 0.25) is 0 Å². The highest BCUT2D eigenvalue weighted by molar-refractivity contribution is 7.99. The number of likely N-dealkylation sites (N-methyl/N-ethyl adjacent to an activating group) is 1. The van der Waals surface area contributed by atoms with E-state index in [-0.39, 0.29) is 11.7 Å². The molecular formula is C26H34N6O2S. The number of carbonyl (C=O) groups is 1. The zero-order valence-electron chi connectivity index (χ0n) is 20.7. The van der Waals surface area contributed by atoms with Crippen molar-refractivity contribution >= 4 is 17.7 Å². The van der Waals surface area contributed by atoms with Crippen LogP contribution in [0.1, 0.15) is 23.9 Å². The summed E-state index contributed by atoms with van der Waals surface area (Å²) in [6, 6.07) is 16.1. The number of carbonyl (C=O) groups excluding carboxylic acids is 1. The Morgan fingerprint density at radius 3 is 2.37 bits per heavy atom.